The molecule has 7 heteroatoms. The van der Waals surface area contributed by atoms with Gasteiger partial charge in [0.05, 0.1) is 11.1 Å². The van der Waals surface area contributed by atoms with Gasteiger partial charge in [0, 0.05) is 17.0 Å². The van der Waals surface area contributed by atoms with E-state index in [0.29, 0.717) is 17.3 Å². The molecule has 2 aromatic carbocycles. The fraction of sp³-hybridized carbons (Fsp3) is 0.211. The molecule has 1 aromatic heterocycles. The molecule has 0 saturated heterocycles. The van der Waals surface area contributed by atoms with Gasteiger partial charge in [0.2, 0.25) is 0 Å². The van der Waals surface area contributed by atoms with E-state index < -0.39 is 11.7 Å². The molecule has 1 amide bonds. The van der Waals surface area contributed by atoms with Crippen molar-refractivity contribution in [2.75, 3.05) is 5.32 Å². The van der Waals surface area contributed by atoms with Crippen LogP contribution < -0.4 is 10.9 Å². The van der Waals surface area contributed by atoms with Gasteiger partial charge in [-0.3, -0.25) is 9.59 Å². The van der Waals surface area contributed by atoms with Gasteiger partial charge in [0.1, 0.15) is 5.82 Å². The highest BCUT2D eigenvalue weighted by Crippen LogP contribution is 2.21. The number of carbonyl (C=O) groups is 1. The molecule has 0 bridgehead atoms. The fourth-order valence-corrected chi connectivity index (χ4v) is 2.79. The van der Waals surface area contributed by atoms with Crippen molar-refractivity contribution in [1.29, 1.82) is 0 Å². The quantitative estimate of drug-likeness (QED) is 0.727. The van der Waals surface area contributed by atoms with Crippen molar-refractivity contribution >= 4 is 34.0 Å². The third-order valence-corrected chi connectivity index (χ3v) is 4.22. The lowest BCUT2D eigenvalue weighted by Crippen LogP contribution is -2.27. The Hall–Kier alpha value is -2.73. The highest BCUT2D eigenvalue weighted by atomic mass is 35.5. The summed E-state index contributed by atoms with van der Waals surface area (Å²) in [5.74, 6) is -1.23. The summed E-state index contributed by atoms with van der Waals surface area (Å²) >= 11 is 5.73. The van der Waals surface area contributed by atoms with Gasteiger partial charge < -0.3 is 5.32 Å². The van der Waals surface area contributed by atoms with E-state index in [2.05, 4.69) is 10.4 Å². The number of halogens is 2. The van der Waals surface area contributed by atoms with Crippen LogP contribution in [-0.2, 0) is 6.54 Å². The van der Waals surface area contributed by atoms with Crippen LogP contribution in [0.3, 0.4) is 0 Å². The Morgan fingerprint density at radius 3 is 2.65 bits per heavy atom. The van der Waals surface area contributed by atoms with Crippen molar-refractivity contribution in [2.24, 2.45) is 0 Å². The Balaban J connectivity index is 2.06. The number of benzene rings is 2. The molecule has 0 radical (unpaired) electrons. The second-order valence-electron chi connectivity index (χ2n) is 5.85. The highest BCUT2D eigenvalue weighted by Gasteiger charge is 2.18. The molecule has 3 aromatic rings. The number of anilines is 1. The number of fused-ring (bicyclic) bond motifs is 1. The summed E-state index contributed by atoms with van der Waals surface area (Å²) in [5, 5.41) is 7.79. The minimum absolute atomic E-state index is 0.00316. The number of aromatic nitrogens is 2. The van der Waals surface area contributed by atoms with Crippen molar-refractivity contribution in [3.8, 4) is 0 Å². The Bertz CT molecular complexity index is 1030. The largest absolute Gasteiger partial charge is 0.318 e. The molecule has 0 atom stereocenters. The summed E-state index contributed by atoms with van der Waals surface area (Å²) in [7, 11) is 0. The van der Waals surface area contributed by atoms with Crippen LogP contribution in [0.1, 0.15) is 30.3 Å². The maximum absolute atomic E-state index is 14.0. The lowest BCUT2D eigenvalue weighted by molar-refractivity contribution is 0.102. The van der Waals surface area contributed by atoms with Gasteiger partial charge in [-0.1, -0.05) is 43.1 Å². The molecule has 1 N–H and O–H groups in total. The Morgan fingerprint density at radius 2 is 1.96 bits per heavy atom. The molecular formula is C19H17ClFN3O2. The molecule has 1 heterocycles. The zero-order valence-electron chi connectivity index (χ0n) is 14.1. The van der Waals surface area contributed by atoms with Crippen LogP contribution in [-0.4, -0.2) is 15.7 Å². The van der Waals surface area contributed by atoms with E-state index in [1.165, 1.54) is 16.8 Å². The summed E-state index contributed by atoms with van der Waals surface area (Å²) in [6.07, 6.45) is 1.65. The maximum atomic E-state index is 14.0. The van der Waals surface area contributed by atoms with Gasteiger partial charge in [-0.15, -0.1) is 0 Å². The van der Waals surface area contributed by atoms with Gasteiger partial charge in [0.25, 0.3) is 11.5 Å². The van der Waals surface area contributed by atoms with E-state index >= 15 is 0 Å². The van der Waals surface area contributed by atoms with Gasteiger partial charge in [0.15, 0.2) is 5.69 Å². The monoisotopic (exact) mass is 373 g/mol. The Morgan fingerprint density at radius 1 is 1.23 bits per heavy atom. The van der Waals surface area contributed by atoms with Gasteiger partial charge >= 0.3 is 0 Å². The molecule has 134 valence electrons. The Labute approximate surface area is 154 Å². The molecule has 0 aliphatic rings. The first kappa shape index (κ1) is 18.1. The molecule has 0 fully saturated rings. The predicted octanol–water partition coefficient (Wildman–Crippen LogP) is 4.24. The van der Waals surface area contributed by atoms with E-state index in [9.17, 15) is 14.0 Å². The van der Waals surface area contributed by atoms with Crippen LogP contribution in [0.4, 0.5) is 10.1 Å². The molecule has 0 spiro atoms. The van der Waals surface area contributed by atoms with Crippen LogP contribution in [0.25, 0.3) is 10.8 Å². The maximum Gasteiger partial charge on any atom is 0.276 e. The third kappa shape index (κ3) is 3.60. The van der Waals surface area contributed by atoms with Crippen LogP contribution in [0.5, 0.6) is 0 Å². The van der Waals surface area contributed by atoms with E-state index in [-0.39, 0.29) is 22.0 Å². The average molecular weight is 374 g/mol. The number of carbonyl (C=O) groups excluding carboxylic acids is 1. The summed E-state index contributed by atoms with van der Waals surface area (Å²) in [4.78, 5) is 25.3. The van der Waals surface area contributed by atoms with Gasteiger partial charge in [-0.05, 0) is 30.7 Å². The SMILES string of the molecule is CCCCn1nc(C(=O)Nc2ccc(Cl)cc2F)c2ccccc2c1=O. The number of rotatable bonds is 5. The van der Waals surface area contributed by atoms with Crippen molar-refractivity contribution in [1.82, 2.24) is 9.78 Å². The lowest BCUT2D eigenvalue weighted by atomic mass is 10.1. The summed E-state index contributed by atoms with van der Waals surface area (Å²) in [6.45, 7) is 2.42. The Kier molecular flexibility index (Phi) is 5.32. The van der Waals surface area contributed by atoms with Crippen LogP contribution >= 0.6 is 11.6 Å². The summed E-state index contributed by atoms with van der Waals surface area (Å²) in [5.41, 5.74) is -0.175. The molecule has 3 rings (SSSR count). The van der Waals surface area contributed by atoms with E-state index in [1.54, 1.807) is 24.3 Å². The van der Waals surface area contributed by atoms with Gasteiger partial charge in [-0.25, -0.2) is 9.07 Å². The van der Waals surface area contributed by atoms with Gasteiger partial charge in [-0.2, -0.15) is 5.10 Å². The van der Waals surface area contributed by atoms with Crippen molar-refractivity contribution in [3.05, 3.63) is 69.4 Å². The van der Waals surface area contributed by atoms with Crippen LogP contribution in [0, 0.1) is 5.82 Å². The molecular weight excluding hydrogens is 357 g/mol. The van der Waals surface area contributed by atoms with E-state index in [0.717, 1.165) is 18.9 Å². The second kappa shape index (κ2) is 7.66. The molecule has 5 nitrogen and oxygen atoms in total. The standard InChI is InChI=1S/C19H17ClFN3O2/c1-2-3-10-24-19(26)14-7-5-4-6-13(14)17(23-24)18(25)22-16-9-8-12(20)11-15(16)21/h4-9,11H,2-3,10H2,1H3,(H,22,25). The number of nitrogens with zero attached hydrogens (tertiary/aromatic N) is 2. The van der Waals surface area contributed by atoms with E-state index in [1.807, 2.05) is 6.92 Å². The van der Waals surface area contributed by atoms with Crippen molar-refractivity contribution in [2.45, 2.75) is 26.3 Å². The third-order valence-electron chi connectivity index (χ3n) is 3.99. The van der Waals surface area contributed by atoms with Crippen molar-refractivity contribution < 1.29 is 9.18 Å². The number of hydrogen-bond acceptors (Lipinski definition) is 3. The second-order valence-corrected chi connectivity index (χ2v) is 6.29. The number of nitrogens with one attached hydrogen (secondary N) is 1. The highest BCUT2D eigenvalue weighted by molar-refractivity contribution is 6.30. The average Bonchev–Trinajstić information content (AvgIpc) is 2.63. The number of hydrogen-bond donors (Lipinski definition) is 1. The minimum Gasteiger partial charge on any atom is -0.318 e. The topological polar surface area (TPSA) is 64.0 Å². The zero-order valence-corrected chi connectivity index (χ0v) is 14.9. The summed E-state index contributed by atoms with van der Waals surface area (Å²) < 4.78 is 15.3. The lowest BCUT2D eigenvalue weighted by Gasteiger charge is -2.11. The first-order valence-corrected chi connectivity index (χ1v) is 8.65. The fourth-order valence-electron chi connectivity index (χ4n) is 2.63. The minimum atomic E-state index is -0.644. The number of aryl methyl sites for hydroxylation is 1. The molecule has 0 saturated carbocycles. The number of unbranched alkanes of at least 4 members (excludes halogenated alkanes) is 1. The first-order chi connectivity index (χ1) is 12.5. The molecule has 26 heavy (non-hydrogen) atoms. The van der Waals surface area contributed by atoms with Crippen LogP contribution in [0.2, 0.25) is 5.02 Å². The normalized spacial score (nSPS) is 10.9. The molecule has 0 aliphatic carbocycles. The number of amides is 1. The van der Waals surface area contributed by atoms with Crippen LogP contribution in [0.15, 0.2) is 47.3 Å². The van der Waals surface area contributed by atoms with E-state index in [4.69, 9.17) is 11.6 Å². The molecule has 0 unspecified atom stereocenters. The van der Waals surface area contributed by atoms with Crippen molar-refractivity contribution in [3.63, 3.8) is 0 Å². The predicted molar refractivity (Wildman–Crippen MR) is 100 cm³/mol. The summed E-state index contributed by atoms with van der Waals surface area (Å²) in [6, 6.07) is 10.7. The molecule has 0 aliphatic heterocycles. The zero-order chi connectivity index (χ0) is 18.7. The smallest absolute Gasteiger partial charge is 0.276 e. The first-order valence-electron chi connectivity index (χ1n) is 8.27.